The van der Waals surface area contributed by atoms with E-state index in [1.54, 1.807) is 0 Å². The van der Waals surface area contributed by atoms with E-state index >= 15 is 0 Å². The van der Waals surface area contributed by atoms with Gasteiger partial charge in [-0.1, -0.05) is 37.1 Å². The van der Waals surface area contributed by atoms with E-state index < -0.39 is 10.0 Å². The molecule has 1 aliphatic heterocycles. The van der Waals surface area contributed by atoms with Crippen LogP contribution in [0.25, 0.3) is 0 Å². The van der Waals surface area contributed by atoms with Gasteiger partial charge < -0.3 is 0 Å². The molecule has 0 aromatic heterocycles. The Morgan fingerprint density at radius 2 is 2.05 bits per heavy atom. The molecule has 0 spiro atoms. The lowest BCUT2D eigenvalue weighted by molar-refractivity contribution is 0.246. The van der Waals surface area contributed by atoms with Crippen LogP contribution in [-0.2, 0) is 10.0 Å². The zero-order chi connectivity index (χ0) is 16.0. The quantitative estimate of drug-likeness (QED) is 0.787. The standard InChI is InChI=1S/C16H25ClN2O2S/c1-2-3-11-22(20,21)18-13-16(19-9-4-5-10-19)14-7-6-8-15(17)12-14/h6-8,12,16,18H,2-5,9-11,13H2,1H3. The van der Waals surface area contributed by atoms with E-state index in [0.29, 0.717) is 18.0 Å². The molecule has 4 nitrogen and oxygen atoms in total. The summed E-state index contributed by atoms with van der Waals surface area (Å²) in [6.07, 6.45) is 3.91. The fraction of sp³-hybridized carbons (Fsp3) is 0.625. The fourth-order valence-corrected chi connectivity index (χ4v) is 4.26. The highest BCUT2D eigenvalue weighted by atomic mass is 35.5. The van der Waals surface area contributed by atoms with Crippen molar-refractivity contribution >= 4 is 21.6 Å². The largest absolute Gasteiger partial charge is 0.295 e. The van der Waals surface area contributed by atoms with Gasteiger partial charge in [-0.2, -0.15) is 0 Å². The third kappa shape index (κ3) is 5.23. The highest BCUT2D eigenvalue weighted by molar-refractivity contribution is 7.89. The van der Waals surface area contributed by atoms with E-state index in [2.05, 4.69) is 9.62 Å². The number of benzene rings is 1. The van der Waals surface area contributed by atoms with Gasteiger partial charge in [-0.25, -0.2) is 13.1 Å². The van der Waals surface area contributed by atoms with Gasteiger partial charge in [0.25, 0.3) is 0 Å². The molecule has 0 saturated carbocycles. The lowest BCUT2D eigenvalue weighted by Gasteiger charge is -2.28. The van der Waals surface area contributed by atoms with Crippen molar-refractivity contribution in [3.8, 4) is 0 Å². The average Bonchev–Trinajstić information content (AvgIpc) is 2.99. The van der Waals surface area contributed by atoms with E-state index in [0.717, 1.165) is 25.1 Å². The third-order valence-electron chi connectivity index (χ3n) is 4.08. The van der Waals surface area contributed by atoms with Crippen LogP contribution in [0.5, 0.6) is 0 Å². The molecule has 1 fully saturated rings. The minimum atomic E-state index is -3.20. The van der Waals surface area contributed by atoms with Crippen molar-refractivity contribution < 1.29 is 8.42 Å². The SMILES string of the molecule is CCCCS(=O)(=O)NCC(c1cccc(Cl)c1)N1CCCC1. The molecule has 6 heteroatoms. The van der Waals surface area contributed by atoms with Crippen molar-refractivity contribution in [3.05, 3.63) is 34.9 Å². The molecule has 1 aromatic carbocycles. The summed E-state index contributed by atoms with van der Waals surface area (Å²) in [6.45, 7) is 4.42. The number of halogens is 1. The normalized spacial score (nSPS) is 17.7. The van der Waals surface area contributed by atoms with Gasteiger partial charge in [0.1, 0.15) is 0 Å². The van der Waals surface area contributed by atoms with Crippen molar-refractivity contribution in [1.29, 1.82) is 0 Å². The Hall–Kier alpha value is -0.620. The van der Waals surface area contributed by atoms with E-state index in [4.69, 9.17) is 11.6 Å². The maximum Gasteiger partial charge on any atom is 0.211 e. The molecule has 2 rings (SSSR count). The summed E-state index contributed by atoms with van der Waals surface area (Å²) < 4.78 is 26.9. The molecule has 1 unspecified atom stereocenters. The van der Waals surface area contributed by atoms with Crippen LogP contribution in [0.3, 0.4) is 0 Å². The smallest absolute Gasteiger partial charge is 0.211 e. The van der Waals surface area contributed by atoms with Crippen LogP contribution in [0.4, 0.5) is 0 Å². The first-order valence-electron chi connectivity index (χ1n) is 7.98. The second kappa shape index (κ2) is 8.29. The second-order valence-electron chi connectivity index (χ2n) is 5.83. The molecule has 1 aromatic rings. The summed E-state index contributed by atoms with van der Waals surface area (Å²) >= 11 is 6.10. The number of hydrogen-bond donors (Lipinski definition) is 1. The predicted octanol–water partition coefficient (Wildman–Crippen LogP) is 3.20. The molecule has 0 amide bonds. The molecular weight excluding hydrogens is 320 g/mol. The molecule has 0 bridgehead atoms. The number of likely N-dealkylation sites (tertiary alicyclic amines) is 1. The molecule has 1 aliphatic rings. The Morgan fingerprint density at radius 1 is 1.32 bits per heavy atom. The summed E-state index contributed by atoms with van der Waals surface area (Å²) in [5, 5.41) is 0.690. The van der Waals surface area contributed by atoms with E-state index in [1.807, 2.05) is 31.2 Å². The lowest BCUT2D eigenvalue weighted by atomic mass is 10.1. The van der Waals surface area contributed by atoms with Crippen molar-refractivity contribution in [2.45, 2.75) is 38.6 Å². The number of hydrogen-bond acceptors (Lipinski definition) is 3. The van der Waals surface area contributed by atoms with Gasteiger partial charge in [0, 0.05) is 17.6 Å². The molecule has 1 heterocycles. The summed E-state index contributed by atoms with van der Waals surface area (Å²) in [4.78, 5) is 2.34. The molecule has 22 heavy (non-hydrogen) atoms. The number of rotatable bonds is 8. The summed E-state index contributed by atoms with van der Waals surface area (Å²) in [5.41, 5.74) is 1.08. The number of nitrogens with one attached hydrogen (secondary N) is 1. The molecule has 1 N–H and O–H groups in total. The van der Waals surface area contributed by atoms with Gasteiger partial charge in [0.2, 0.25) is 10.0 Å². The van der Waals surface area contributed by atoms with Crippen LogP contribution in [0.15, 0.2) is 24.3 Å². The Kier molecular flexibility index (Phi) is 6.68. The minimum Gasteiger partial charge on any atom is -0.295 e. The number of sulfonamides is 1. The highest BCUT2D eigenvalue weighted by Crippen LogP contribution is 2.26. The maximum atomic E-state index is 12.1. The van der Waals surface area contributed by atoms with Crippen LogP contribution < -0.4 is 4.72 Å². The van der Waals surface area contributed by atoms with Gasteiger partial charge in [-0.15, -0.1) is 0 Å². The average molecular weight is 345 g/mol. The summed E-state index contributed by atoms with van der Waals surface area (Å²) in [5.74, 6) is 0.200. The van der Waals surface area contributed by atoms with Crippen molar-refractivity contribution in [1.82, 2.24) is 9.62 Å². The molecule has 1 atom stereocenters. The zero-order valence-electron chi connectivity index (χ0n) is 13.1. The fourth-order valence-electron chi connectivity index (χ4n) is 2.84. The minimum absolute atomic E-state index is 0.0533. The van der Waals surface area contributed by atoms with Crippen LogP contribution in [0.2, 0.25) is 5.02 Å². The molecule has 0 aliphatic carbocycles. The van der Waals surface area contributed by atoms with Gasteiger partial charge in [-0.05, 0) is 50.0 Å². The van der Waals surface area contributed by atoms with Crippen molar-refractivity contribution in [2.24, 2.45) is 0 Å². The van der Waals surface area contributed by atoms with Gasteiger partial charge in [0.15, 0.2) is 0 Å². The Labute approximate surface area is 138 Å². The predicted molar refractivity (Wildman–Crippen MR) is 91.7 cm³/mol. The number of unbranched alkanes of at least 4 members (excludes halogenated alkanes) is 1. The molecular formula is C16H25ClN2O2S. The Bertz CT molecular complexity index is 571. The van der Waals surface area contributed by atoms with Gasteiger partial charge >= 0.3 is 0 Å². The van der Waals surface area contributed by atoms with Gasteiger partial charge in [-0.3, -0.25) is 4.90 Å². The second-order valence-corrected chi connectivity index (χ2v) is 8.20. The van der Waals surface area contributed by atoms with Crippen molar-refractivity contribution in [2.75, 3.05) is 25.4 Å². The summed E-state index contributed by atoms with van der Waals surface area (Å²) in [7, 11) is -3.20. The zero-order valence-corrected chi connectivity index (χ0v) is 14.7. The first-order chi connectivity index (χ1) is 10.5. The first-order valence-corrected chi connectivity index (χ1v) is 10.0. The third-order valence-corrected chi connectivity index (χ3v) is 5.75. The molecule has 124 valence electrons. The van der Waals surface area contributed by atoms with E-state index in [9.17, 15) is 8.42 Å². The van der Waals surface area contributed by atoms with Gasteiger partial charge in [0.05, 0.1) is 5.75 Å². The monoisotopic (exact) mass is 344 g/mol. The van der Waals surface area contributed by atoms with Crippen LogP contribution in [0.1, 0.15) is 44.2 Å². The van der Waals surface area contributed by atoms with Crippen LogP contribution >= 0.6 is 11.6 Å². The van der Waals surface area contributed by atoms with E-state index in [-0.39, 0.29) is 11.8 Å². The lowest BCUT2D eigenvalue weighted by Crippen LogP contribution is -2.37. The van der Waals surface area contributed by atoms with E-state index in [1.165, 1.54) is 12.8 Å². The maximum absolute atomic E-state index is 12.1. The van der Waals surface area contributed by atoms with Crippen LogP contribution in [0, 0.1) is 0 Å². The Morgan fingerprint density at radius 3 is 2.68 bits per heavy atom. The highest BCUT2D eigenvalue weighted by Gasteiger charge is 2.25. The Balaban J connectivity index is 2.08. The number of nitrogens with zero attached hydrogens (tertiary/aromatic N) is 1. The van der Waals surface area contributed by atoms with Crippen LogP contribution in [-0.4, -0.2) is 38.7 Å². The molecule has 1 saturated heterocycles. The molecule has 0 radical (unpaired) electrons. The topological polar surface area (TPSA) is 49.4 Å². The van der Waals surface area contributed by atoms with Crippen molar-refractivity contribution in [3.63, 3.8) is 0 Å². The summed E-state index contributed by atoms with van der Waals surface area (Å²) in [6, 6.07) is 7.78. The first kappa shape index (κ1) is 17.7.